The second-order valence-electron chi connectivity index (χ2n) is 7.51. The van der Waals surface area contributed by atoms with E-state index in [1.165, 1.54) is 0 Å². The second kappa shape index (κ2) is 8.84. The molecular formula is C17H29NO7. The van der Waals surface area contributed by atoms with Crippen LogP contribution in [0, 0.1) is 5.92 Å². The van der Waals surface area contributed by atoms with Gasteiger partial charge in [-0.25, -0.2) is 14.5 Å². The maximum Gasteiger partial charge on any atom is 0.420 e. The first-order chi connectivity index (χ1) is 11.2. The van der Waals surface area contributed by atoms with Crippen molar-refractivity contribution in [3.63, 3.8) is 0 Å². The molecule has 0 fully saturated rings. The van der Waals surface area contributed by atoms with Crippen molar-refractivity contribution in [2.75, 3.05) is 6.61 Å². The minimum absolute atomic E-state index is 0.173. The van der Waals surface area contributed by atoms with Gasteiger partial charge in [0, 0.05) is 6.61 Å². The number of carbonyl (C=O) groups excluding carboxylic acids is 2. The molecule has 8 nitrogen and oxygen atoms in total. The van der Waals surface area contributed by atoms with Crippen molar-refractivity contribution < 1.29 is 34.1 Å². The molecule has 0 saturated carbocycles. The minimum atomic E-state index is -1.28. The first-order valence-electron chi connectivity index (χ1n) is 7.95. The van der Waals surface area contributed by atoms with E-state index in [4.69, 9.17) is 14.6 Å². The van der Waals surface area contributed by atoms with Crippen LogP contribution in [0.25, 0.3) is 0 Å². The van der Waals surface area contributed by atoms with Gasteiger partial charge in [-0.1, -0.05) is 6.08 Å². The highest BCUT2D eigenvalue weighted by atomic mass is 16.6. The van der Waals surface area contributed by atoms with Crippen molar-refractivity contribution in [2.45, 2.75) is 65.2 Å². The van der Waals surface area contributed by atoms with Crippen LogP contribution in [-0.4, -0.2) is 57.1 Å². The van der Waals surface area contributed by atoms with E-state index in [1.807, 2.05) is 0 Å². The van der Waals surface area contributed by atoms with E-state index in [9.17, 15) is 19.5 Å². The minimum Gasteiger partial charge on any atom is -0.481 e. The molecule has 0 aromatic carbocycles. The summed E-state index contributed by atoms with van der Waals surface area (Å²) in [5.74, 6) is -2.53. The Morgan fingerprint density at radius 1 is 1.04 bits per heavy atom. The molecular weight excluding hydrogens is 330 g/mol. The molecule has 0 rings (SSSR count). The Hall–Kier alpha value is -2.09. The number of aliphatic hydroxyl groups is 1. The molecule has 0 aromatic heterocycles. The number of aliphatic carboxylic acids is 1. The number of imide groups is 1. The highest BCUT2D eigenvalue weighted by Crippen LogP contribution is 2.23. The van der Waals surface area contributed by atoms with Gasteiger partial charge in [-0.05, 0) is 48.0 Å². The van der Waals surface area contributed by atoms with Crippen LogP contribution >= 0.6 is 0 Å². The number of hydrogen-bond acceptors (Lipinski definition) is 6. The molecule has 0 saturated heterocycles. The highest BCUT2D eigenvalue weighted by molar-refractivity contribution is 5.90. The molecule has 2 amide bonds. The molecule has 0 aliphatic rings. The lowest BCUT2D eigenvalue weighted by atomic mass is 9.95. The van der Waals surface area contributed by atoms with Gasteiger partial charge in [0.1, 0.15) is 11.2 Å². The highest BCUT2D eigenvalue weighted by Gasteiger charge is 2.41. The molecule has 0 aromatic rings. The average Bonchev–Trinajstić information content (AvgIpc) is 2.37. The lowest BCUT2D eigenvalue weighted by Gasteiger charge is -2.34. The van der Waals surface area contributed by atoms with E-state index in [-0.39, 0.29) is 6.42 Å². The fourth-order valence-corrected chi connectivity index (χ4v) is 1.97. The van der Waals surface area contributed by atoms with Crippen molar-refractivity contribution in [1.29, 1.82) is 0 Å². The van der Waals surface area contributed by atoms with Gasteiger partial charge in [-0.3, -0.25) is 4.79 Å². The van der Waals surface area contributed by atoms with Crippen molar-refractivity contribution in [3.05, 3.63) is 12.7 Å². The standard InChI is InChI=1S/C17H29NO7/c1-8-12(11(9-10-19)13(20)21)18(14(22)24-16(2,3)4)15(23)25-17(5,6)7/h8,11-12,19H,1,9-10H2,2-7H3,(H,20,21)/t11-,12?/m0/s1. The van der Waals surface area contributed by atoms with Gasteiger partial charge in [0.15, 0.2) is 0 Å². The van der Waals surface area contributed by atoms with Crippen LogP contribution in [0.15, 0.2) is 12.7 Å². The van der Waals surface area contributed by atoms with Crippen molar-refractivity contribution in [2.24, 2.45) is 5.92 Å². The van der Waals surface area contributed by atoms with Crippen molar-refractivity contribution in [1.82, 2.24) is 4.90 Å². The smallest absolute Gasteiger partial charge is 0.420 e. The Morgan fingerprint density at radius 3 is 1.68 bits per heavy atom. The number of amides is 2. The van der Waals surface area contributed by atoms with Gasteiger partial charge >= 0.3 is 18.2 Å². The molecule has 0 aliphatic heterocycles. The summed E-state index contributed by atoms with van der Waals surface area (Å²) in [6.45, 7) is 12.8. The van der Waals surface area contributed by atoms with E-state index in [1.54, 1.807) is 41.5 Å². The summed E-state index contributed by atoms with van der Waals surface area (Å²) in [5.41, 5.74) is -1.81. The normalized spacial score (nSPS) is 14.2. The fraction of sp³-hybridized carbons (Fsp3) is 0.706. The monoisotopic (exact) mass is 359 g/mol. The van der Waals surface area contributed by atoms with Gasteiger partial charge in [-0.15, -0.1) is 6.58 Å². The molecule has 2 atom stereocenters. The molecule has 0 bridgehead atoms. The first kappa shape index (κ1) is 22.9. The van der Waals surface area contributed by atoms with Gasteiger partial charge in [0.2, 0.25) is 0 Å². The van der Waals surface area contributed by atoms with Gasteiger partial charge in [0.25, 0.3) is 0 Å². The van der Waals surface area contributed by atoms with Gasteiger partial charge < -0.3 is 19.7 Å². The van der Waals surface area contributed by atoms with E-state index >= 15 is 0 Å². The van der Waals surface area contributed by atoms with Gasteiger partial charge in [0.05, 0.1) is 12.0 Å². The van der Waals surface area contributed by atoms with Crippen LogP contribution in [-0.2, 0) is 14.3 Å². The summed E-state index contributed by atoms with van der Waals surface area (Å²) in [4.78, 5) is 37.2. The third-order valence-corrected chi connectivity index (χ3v) is 2.89. The molecule has 0 heterocycles. The largest absolute Gasteiger partial charge is 0.481 e. The SMILES string of the molecule is C=CC([C@H](CCO)C(=O)O)N(C(=O)OC(C)(C)C)C(=O)OC(C)(C)C. The number of carboxylic acid groups (broad SMARTS) is 1. The molecule has 8 heteroatoms. The summed E-state index contributed by atoms with van der Waals surface area (Å²) < 4.78 is 10.4. The van der Waals surface area contributed by atoms with Crippen molar-refractivity contribution >= 4 is 18.2 Å². The van der Waals surface area contributed by atoms with Crippen LogP contribution < -0.4 is 0 Å². The summed E-state index contributed by atoms with van der Waals surface area (Å²) in [6, 6.07) is -1.24. The number of carboxylic acids is 1. The number of hydrogen-bond donors (Lipinski definition) is 2. The number of rotatable bonds is 6. The lowest BCUT2D eigenvalue weighted by molar-refractivity contribution is -0.143. The summed E-state index contributed by atoms with van der Waals surface area (Å²) in [7, 11) is 0. The first-order valence-corrected chi connectivity index (χ1v) is 7.95. The Bertz CT molecular complexity index is 474. The molecule has 2 N–H and O–H groups in total. The van der Waals surface area contributed by atoms with E-state index in [2.05, 4.69) is 6.58 Å². The molecule has 144 valence electrons. The zero-order valence-corrected chi connectivity index (χ0v) is 15.7. The summed E-state index contributed by atoms with van der Waals surface area (Å²) in [6.07, 6.45) is -1.11. The number of nitrogens with zero attached hydrogens (tertiary/aromatic N) is 1. The maximum atomic E-state index is 12.5. The molecule has 0 spiro atoms. The lowest BCUT2D eigenvalue weighted by Crippen LogP contribution is -2.52. The quantitative estimate of drug-likeness (QED) is 0.701. The van der Waals surface area contributed by atoms with Crippen LogP contribution in [0.2, 0.25) is 0 Å². The van der Waals surface area contributed by atoms with Crippen LogP contribution in [0.4, 0.5) is 9.59 Å². The van der Waals surface area contributed by atoms with E-state index < -0.39 is 47.9 Å². The fourth-order valence-electron chi connectivity index (χ4n) is 1.97. The number of aliphatic hydroxyl groups excluding tert-OH is 1. The Balaban J connectivity index is 5.88. The Kier molecular flexibility index (Phi) is 8.11. The van der Waals surface area contributed by atoms with Crippen molar-refractivity contribution in [3.8, 4) is 0 Å². The number of ether oxygens (including phenoxy) is 2. The van der Waals surface area contributed by atoms with Crippen LogP contribution in [0.3, 0.4) is 0 Å². The molecule has 1 unspecified atom stereocenters. The van der Waals surface area contributed by atoms with E-state index in [0.29, 0.717) is 4.90 Å². The summed E-state index contributed by atoms with van der Waals surface area (Å²) >= 11 is 0. The van der Waals surface area contributed by atoms with Gasteiger partial charge in [-0.2, -0.15) is 0 Å². The van der Waals surface area contributed by atoms with Crippen LogP contribution in [0.1, 0.15) is 48.0 Å². The second-order valence-corrected chi connectivity index (χ2v) is 7.51. The third-order valence-electron chi connectivity index (χ3n) is 2.89. The molecule has 25 heavy (non-hydrogen) atoms. The number of carbonyl (C=O) groups is 3. The molecule has 0 radical (unpaired) electrons. The topological polar surface area (TPSA) is 113 Å². The average molecular weight is 359 g/mol. The maximum absolute atomic E-state index is 12.5. The predicted molar refractivity (Wildman–Crippen MR) is 91.1 cm³/mol. The van der Waals surface area contributed by atoms with E-state index in [0.717, 1.165) is 6.08 Å². The predicted octanol–water partition coefficient (Wildman–Crippen LogP) is 2.80. The third kappa shape index (κ3) is 8.02. The zero-order valence-electron chi connectivity index (χ0n) is 15.7. The molecule has 0 aliphatic carbocycles. The van der Waals surface area contributed by atoms with Crippen LogP contribution in [0.5, 0.6) is 0 Å². The Labute approximate surface area is 148 Å². The summed E-state index contributed by atoms with van der Waals surface area (Å²) in [5, 5.41) is 18.5. The Morgan fingerprint density at radius 2 is 1.44 bits per heavy atom. The zero-order chi connectivity index (χ0) is 20.0.